The Morgan fingerprint density at radius 3 is 2.73 bits per heavy atom. The van der Waals surface area contributed by atoms with Crippen LogP contribution in [0.1, 0.15) is 22.8 Å². The largest absolute Gasteiger partial charge is 0.493 e. The minimum atomic E-state index is -2.76. The molecule has 0 bridgehead atoms. The number of fused-ring (bicyclic) bond motifs is 1. The maximum absolute atomic E-state index is 13.2. The zero-order chi connectivity index (χ0) is 23.4. The molecule has 170 valence electrons. The van der Waals surface area contributed by atoms with E-state index >= 15 is 0 Å². The number of nitrogens with zero attached hydrogens (tertiary/aromatic N) is 2. The lowest BCUT2D eigenvalue weighted by atomic mass is 10.0. The monoisotopic (exact) mass is 464 g/mol. The third-order valence-electron chi connectivity index (χ3n) is 5.24. The fourth-order valence-corrected chi connectivity index (χ4v) is 4.09. The van der Waals surface area contributed by atoms with Crippen molar-refractivity contribution in [3.63, 3.8) is 0 Å². The molecule has 0 aliphatic rings. The Morgan fingerprint density at radius 1 is 1.12 bits per heavy atom. The van der Waals surface area contributed by atoms with Crippen LogP contribution < -0.4 is 9.46 Å². The number of benzene rings is 3. The van der Waals surface area contributed by atoms with Gasteiger partial charge in [-0.3, -0.25) is 14.6 Å². The molecule has 0 aliphatic carbocycles. The molecule has 0 fully saturated rings. The zero-order valence-electron chi connectivity index (χ0n) is 18.2. The lowest BCUT2D eigenvalue weighted by Gasteiger charge is -2.19. The van der Waals surface area contributed by atoms with Crippen molar-refractivity contribution in [3.8, 4) is 16.9 Å². The third-order valence-corrected chi connectivity index (χ3v) is 5.68. The van der Waals surface area contributed by atoms with E-state index in [1.165, 1.54) is 0 Å². The third kappa shape index (κ3) is 4.98. The van der Waals surface area contributed by atoms with E-state index in [2.05, 4.69) is 14.9 Å². The van der Waals surface area contributed by atoms with E-state index in [4.69, 9.17) is 4.74 Å². The molecular formula is C24H24N4O4S. The first-order valence-corrected chi connectivity index (χ1v) is 11.6. The van der Waals surface area contributed by atoms with Crippen molar-refractivity contribution in [1.82, 2.24) is 15.1 Å². The summed E-state index contributed by atoms with van der Waals surface area (Å²) in [6.07, 6.45) is 1.76. The zero-order valence-corrected chi connectivity index (χ0v) is 19.1. The molecule has 2 N–H and O–H groups in total. The van der Waals surface area contributed by atoms with Gasteiger partial charge in [-0.15, -0.1) is 0 Å². The van der Waals surface area contributed by atoms with E-state index in [-0.39, 0.29) is 5.91 Å². The molecule has 1 heterocycles. The van der Waals surface area contributed by atoms with Crippen LogP contribution in [-0.2, 0) is 17.4 Å². The van der Waals surface area contributed by atoms with E-state index in [0.29, 0.717) is 30.2 Å². The lowest BCUT2D eigenvalue weighted by Crippen LogP contribution is -2.26. The van der Waals surface area contributed by atoms with Crippen LogP contribution in [0.2, 0.25) is 0 Å². The normalized spacial score (nSPS) is 11.0. The van der Waals surface area contributed by atoms with Gasteiger partial charge >= 0.3 is 0 Å². The number of amides is 1. The minimum absolute atomic E-state index is 0.141. The number of aromatic amines is 1. The van der Waals surface area contributed by atoms with Gasteiger partial charge in [-0.25, -0.2) is 8.42 Å². The van der Waals surface area contributed by atoms with Gasteiger partial charge in [-0.2, -0.15) is 5.10 Å². The number of H-pyrrole nitrogens is 1. The van der Waals surface area contributed by atoms with Gasteiger partial charge in [0.15, 0.2) is 0 Å². The van der Waals surface area contributed by atoms with E-state index in [0.717, 1.165) is 27.6 Å². The van der Waals surface area contributed by atoms with Crippen molar-refractivity contribution < 1.29 is 17.9 Å². The summed E-state index contributed by atoms with van der Waals surface area (Å²) in [6, 6.07) is 18.2. The van der Waals surface area contributed by atoms with Gasteiger partial charge in [0.2, 0.25) is 10.9 Å². The molecule has 0 unspecified atom stereocenters. The fraction of sp³-hybridized carbons (Fsp3) is 0.167. The Balaban J connectivity index is 1.61. The van der Waals surface area contributed by atoms with E-state index in [9.17, 15) is 13.2 Å². The summed E-state index contributed by atoms with van der Waals surface area (Å²) >= 11 is 0. The molecule has 9 heteroatoms. The number of para-hydroxylation sites is 1. The summed E-state index contributed by atoms with van der Waals surface area (Å²) in [4.78, 5) is 14.8. The highest BCUT2D eigenvalue weighted by molar-refractivity contribution is 7.73. The van der Waals surface area contributed by atoms with Crippen molar-refractivity contribution in [1.29, 1.82) is 0 Å². The number of hydrogen-bond donors (Lipinski definition) is 3. The number of aromatic nitrogens is 2. The van der Waals surface area contributed by atoms with E-state index in [1.807, 2.05) is 37.3 Å². The van der Waals surface area contributed by atoms with Gasteiger partial charge < -0.3 is 9.64 Å². The molecule has 4 rings (SSSR count). The van der Waals surface area contributed by atoms with Crippen LogP contribution in [0.25, 0.3) is 22.0 Å². The Kier molecular flexibility index (Phi) is 6.60. The van der Waals surface area contributed by atoms with E-state index < -0.39 is 10.9 Å². The molecule has 0 aliphatic heterocycles. The van der Waals surface area contributed by atoms with Crippen molar-refractivity contribution >= 4 is 33.4 Å². The second-order valence-electron chi connectivity index (χ2n) is 7.51. The standard InChI is InChI=1S/C24H24N4O4S/c1-3-32-22-13-17(10-11-21(22)16-6-5-9-20(12-16)27-33(30)31)24(29)28(2)15-19-8-4-7-18-14-25-26-23(18)19/h4-14,33H,3,15H2,1-2H3,(H,25,26)(H,27,30,31). The number of ether oxygens (including phenoxy) is 1. The van der Waals surface area contributed by atoms with Crippen molar-refractivity contribution in [2.45, 2.75) is 13.5 Å². The first-order valence-electron chi connectivity index (χ1n) is 10.4. The highest BCUT2D eigenvalue weighted by Crippen LogP contribution is 2.33. The van der Waals surface area contributed by atoms with Gasteiger partial charge in [0, 0.05) is 35.8 Å². The smallest absolute Gasteiger partial charge is 0.254 e. The van der Waals surface area contributed by atoms with Gasteiger partial charge in [-0.05, 0) is 48.4 Å². The van der Waals surface area contributed by atoms with Crippen LogP contribution in [0, 0.1) is 0 Å². The Labute approximate surface area is 193 Å². The van der Waals surface area contributed by atoms with Gasteiger partial charge in [-0.1, -0.05) is 30.3 Å². The summed E-state index contributed by atoms with van der Waals surface area (Å²) in [6.45, 7) is 2.72. The fourth-order valence-electron chi connectivity index (χ4n) is 3.74. The maximum atomic E-state index is 13.2. The topological polar surface area (TPSA) is 104 Å². The molecule has 1 aromatic heterocycles. The predicted molar refractivity (Wildman–Crippen MR) is 129 cm³/mol. The quantitative estimate of drug-likeness (QED) is 0.344. The maximum Gasteiger partial charge on any atom is 0.254 e. The number of rotatable bonds is 8. The van der Waals surface area contributed by atoms with Crippen molar-refractivity contribution in [3.05, 3.63) is 78.0 Å². The summed E-state index contributed by atoms with van der Waals surface area (Å²) in [5.74, 6) is 0.411. The van der Waals surface area contributed by atoms with Gasteiger partial charge in [0.05, 0.1) is 18.3 Å². The summed E-state index contributed by atoms with van der Waals surface area (Å²) in [7, 11) is -1.01. The predicted octanol–water partition coefficient (Wildman–Crippen LogP) is 3.84. The summed E-state index contributed by atoms with van der Waals surface area (Å²) < 4.78 is 30.2. The van der Waals surface area contributed by atoms with Crippen LogP contribution in [0.5, 0.6) is 5.75 Å². The molecule has 0 saturated heterocycles. The summed E-state index contributed by atoms with van der Waals surface area (Å²) in [5, 5.41) is 8.07. The molecule has 0 radical (unpaired) electrons. The first kappa shape index (κ1) is 22.3. The van der Waals surface area contributed by atoms with Crippen LogP contribution in [0.3, 0.4) is 0 Å². The second kappa shape index (κ2) is 9.74. The lowest BCUT2D eigenvalue weighted by molar-refractivity contribution is 0.0785. The number of thiol groups is 1. The Hall–Kier alpha value is -3.85. The molecule has 4 aromatic rings. The molecule has 1 amide bonds. The Bertz CT molecular complexity index is 1370. The first-order chi connectivity index (χ1) is 16.0. The number of hydrogen-bond acceptors (Lipinski definition) is 5. The summed E-state index contributed by atoms with van der Waals surface area (Å²) in [5.41, 5.74) is 4.39. The second-order valence-corrected chi connectivity index (χ2v) is 8.24. The number of anilines is 1. The average Bonchev–Trinajstić information content (AvgIpc) is 3.28. The molecule has 33 heavy (non-hydrogen) atoms. The molecule has 8 nitrogen and oxygen atoms in total. The molecule has 3 aromatic carbocycles. The van der Waals surface area contributed by atoms with Crippen LogP contribution in [0.15, 0.2) is 66.9 Å². The van der Waals surface area contributed by atoms with Crippen LogP contribution >= 0.6 is 0 Å². The highest BCUT2D eigenvalue weighted by atomic mass is 32.2. The average molecular weight is 465 g/mol. The van der Waals surface area contributed by atoms with Crippen LogP contribution in [0.4, 0.5) is 5.69 Å². The van der Waals surface area contributed by atoms with Crippen molar-refractivity contribution in [2.24, 2.45) is 0 Å². The molecular weight excluding hydrogens is 440 g/mol. The molecule has 0 atom stereocenters. The molecule has 0 spiro atoms. The number of nitrogens with one attached hydrogen (secondary N) is 2. The number of carbonyl (C=O) groups is 1. The number of carbonyl (C=O) groups excluding carboxylic acids is 1. The highest BCUT2D eigenvalue weighted by Gasteiger charge is 2.17. The minimum Gasteiger partial charge on any atom is -0.493 e. The van der Waals surface area contributed by atoms with Gasteiger partial charge in [0.25, 0.3) is 5.91 Å². The SMILES string of the molecule is CCOc1cc(C(=O)N(C)Cc2cccc3cn[nH]c23)ccc1-c1cccc(N[SH](=O)=O)c1. The van der Waals surface area contributed by atoms with Gasteiger partial charge in [0.1, 0.15) is 5.75 Å². The Morgan fingerprint density at radius 2 is 1.94 bits per heavy atom. The van der Waals surface area contributed by atoms with E-state index in [1.54, 1.807) is 48.5 Å². The van der Waals surface area contributed by atoms with Crippen LogP contribution in [-0.4, -0.2) is 43.1 Å². The molecule has 0 saturated carbocycles. The van der Waals surface area contributed by atoms with Crippen molar-refractivity contribution in [2.75, 3.05) is 18.4 Å².